The number of nitrogens with two attached hydrogens (primary N) is 1. The van der Waals surface area contributed by atoms with Gasteiger partial charge in [0, 0.05) is 19.1 Å². The Morgan fingerprint density at radius 2 is 2.19 bits per heavy atom. The van der Waals surface area contributed by atoms with Crippen molar-refractivity contribution in [3.8, 4) is 0 Å². The lowest BCUT2D eigenvalue weighted by Crippen LogP contribution is -2.43. The number of hydrogen-bond acceptors (Lipinski definition) is 6. The van der Waals surface area contributed by atoms with Crippen LogP contribution in [0, 0.1) is 0 Å². The number of benzene rings is 1. The summed E-state index contributed by atoms with van der Waals surface area (Å²) in [6.07, 6.45) is 1.86. The third-order valence-electron chi connectivity index (χ3n) is 3.64. The van der Waals surface area contributed by atoms with Gasteiger partial charge >= 0.3 is 0 Å². The summed E-state index contributed by atoms with van der Waals surface area (Å²) >= 11 is 7.26. The van der Waals surface area contributed by atoms with Gasteiger partial charge in [-0.25, -0.2) is 0 Å². The highest BCUT2D eigenvalue weighted by Gasteiger charge is 2.19. The Kier molecular flexibility index (Phi) is 4.34. The summed E-state index contributed by atoms with van der Waals surface area (Å²) in [4.78, 5) is 14.3. The quantitative estimate of drug-likeness (QED) is 0.897. The molecule has 1 fully saturated rings. The minimum Gasteiger partial charge on any atom is -0.328 e. The average molecular weight is 326 g/mol. The van der Waals surface area contributed by atoms with Crippen LogP contribution in [0.15, 0.2) is 12.1 Å². The summed E-state index contributed by atoms with van der Waals surface area (Å²) in [5, 5.41) is 3.33. The Morgan fingerprint density at radius 3 is 2.95 bits per heavy atom. The maximum atomic E-state index is 12.2. The molecule has 0 radical (unpaired) electrons. The van der Waals surface area contributed by atoms with E-state index in [4.69, 9.17) is 17.3 Å². The zero-order valence-electron chi connectivity index (χ0n) is 11.4. The Labute approximate surface area is 131 Å². The van der Waals surface area contributed by atoms with Crippen molar-refractivity contribution in [2.24, 2.45) is 5.73 Å². The van der Waals surface area contributed by atoms with Crippen molar-refractivity contribution in [1.29, 1.82) is 0 Å². The van der Waals surface area contributed by atoms with Crippen molar-refractivity contribution >= 4 is 46.0 Å². The smallest absolute Gasteiger partial charge is 0.238 e. The third kappa shape index (κ3) is 3.32. The summed E-state index contributed by atoms with van der Waals surface area (Å²) in [5.41, 5.74) is 7.79. The first kappa shape index (κ1) is 14.6. The Bertz CT molecular complexity index is 653. The van der Waals surface area contributed by atoms with Crippen LogP contribution in [0.2, 0.25) is 5.02 Å². The molecule has 0 atom stereocenters. The van der Waals surface area contributed by atoms with Gasteiger partial charge in [0.05, 0.1) is 29.0 Å². The summed E-state index contributed by atoms with van der Waals surface area (Å²) in [6, 6.07) is 3.78. The maximum absolute atomic E-state index is 12.2. The number of likely N-dealkylation sites (tertiary alicyclic amines) is 1. The summed E-state index contributed by atoms with van der Waals surface area (Å²) in [6.45, 7) is 2.05. The molecule has 2 aromatic rings. The van der Waals surface area contributed by atoms with Crippen molar-refractivity contribution in [3.63, 3.8) is 0 Å². The molecule has 0 bridgehead atoms. The number of nitrogens with one attached hydrogen (secondary N) is 1. The topological polar surface area (TPSA) is 84.1 Å². The van der Waals surface area contributed by atoms with Crippen molar-refractivity contribution in [3.05, 3.63) is 17.2 Å². The highest BCUT2D eigenvalue weighted by Crippen LogP contribution is 2.29. The van der Waals surface area contributed by atoms with E-state index < -0.39 is 0 Å². The van der Waals surface area contributed by atoms with Crippen LogP contribution in [0.1, 0.15) is 12.8 Å². The largest absolute Gasteiger partial charge is 0.328 e. The summed E-state index contributed by atoms with van der Waals surface area (Å²) in [5.74, 6) is -0.0899. The van der Waals surface area contributed by atoms with E-state index in [2.05, 4.69) is 19.0 Å². The van der Waals surface area contributed by atoms with Gasteiger partial charge in [0.25, 0.3) is 0 Å². The second-order valence-corrected chi connectivity index (χ2v) is 6.15. The molecule has 1 aromatic heterocycles. The molecular formula is C13H16ClN5OS. The highest BCUT2D eigenvalue weighted by molar-refractivity contribution is 7.00. The normalized spacial score (nSPS) is 17.2. The van der Waals surface area contributed by atoms with Crippen LogP contribution >= 0.6 is 23.3 Å². The van der Waals surface area contributed by atoms with Gasteiger partial charge in [-0.3, -0.25) is 9.69 Å². The first-order chi connectivity index (χ1) is 10.1. The molecule has 1 amide bonds. The van der Waals surface area contributed by atoms with E-state index >= 15 is 0 Å². The molecule has 6 nitrogen and oxygen atoms in total. The second-order valence-electron chi connectivity index (χ2n) is 5.22. The van der Waals surface area contributed by atoms with Gasteiger partial charge < -0.3 is 11.1 Å². The summed E-state index contributed by atoms with van der Waals surface area (Å²) in [7, 11) is 0. The Morgan fingerprint density at radius 1 is 1.43 bits per heavy atom. The molecule has 0 spiro atoms. The van der Waals surface area contributed by atoms with Gasteiger partial charge in [0.2, 0.25) is 5.91 Å². The number of piperidine rings is 1. The number of rotatable bonds is 3. The molecule has 112 valence electrons. The van der Waals surface area contributed by atoms with Crippen LogP contribution in [0.5, 0.6) is 0 Å². The lowest BCUT2D eigenvalue weighted by atomic mass is 10.1. The van der Waals surface area contributed by atoms with Crippen LogP contribution in [0.25, 0.3) is 11.0 Å². The molecule has 0 saturated carbocycles. The number of amides is 1. The molecule has 1 aromatic carbocycles. The molecule has 8 heteroatoms. The molecule has 1 saturated heterocycles. The molecule has 2 heterocycles. The van der Waals surface area contributed by atoms with E-state index in [0.29, 0.717) is 22.8 Å². The fourth-order valence-electron chi connectivity index (χ4n) is 2.44. The molecule has 1 aliphatic heterocycles. The van der Waals surface area contributed by atoms with E-state index in [9.17, 15) is 4.79 Å². The van der Waals surface area contributed by atoms with Gasteiger partial charge in [-0.1, -0.05) is 11.6 Å². The van der Waals surface area contributed by atoms with Crippen molar-refractivity contribution in [2.45, 2.75) is 18.9 Å². The monoisotopic (exact) mass is 325 g/mol. The zero-order chi connectivity index (χ0) is 14.8. The molecule has 21 heavy (non-hydrogen) atoms. The lowest BCUT2D eigenvalue weighted by molar-refractivity contribution is -0.117. The van der Waals surface area contributed by atoms with Crippen LogP contribution in [-0.4, -0.2) is 45.2 Å². The number of hydrogen-bond donors (Lipinski definition) is 2. The van der Waals surface area contributed by atoms with Crippen LogP contribution in [-0.2, 0) is 4.79 Å². The van der Waals surface area contributed by atoms with Gasteiger partial charge in [-0.15, -0.1) is 0 Å². The fourth-order valence-corrected chi connectivity index (χ4v) is 3.18. The van der Waals surface area contributed by atoms with Crippen molar-refractivity contribution < 1.29 is 4.79 Å². The predicted molar refractivity (Wildman–Crippen MR) is 84.7 cm³/mol. The molecule has 0 aliphatic carbocycles. The maximum Gasteiger partial charge on any atom is 0.238 e. The average Bonchev–Trinajstić information content (AvgIpc) is 2.93. The number of nitrogens with zero attached hydrogens (tertiary/aromatic N) is 3. The molecule has 1 aliphatic rings. The lowest BCUT2D eigenvalue weighted by Gasteiger charge is -2.29. The van der Waals surface area contributed by atoms with Crippen molar-refractivity contribution in [1.82, 2.24) is 13.6 Å². The van der Waals surface area contributed by atoms with Crippen molar-refractivity contribution in [2.75, 3.05) is 25.0 Å². The number of anilines is 1. The SMILES string of the molecule is NC1CCN(CC(=O)Nc2c(Cl)ccc3nsnc23)CC1. The first-order valence-corrected chi connectivity index (χ1v) is 7.93. The number of carbonyl (C=O) groups excluding carboxylic acids is 1. The van der Waals surface area contributed by atoms with Crippen LogP contribution < -0.4 is 11.1 Å². The van der Waals surface area contributed by atoms with Gasteiger partial charge in [0.1, 0.15) is 11.0 Å². The van der Waals surface area contributed by atoms with E-state index in [1.165, 1.54) is 0 Å². The minimum absolute atomic E-state index is 0.0899. The zero-order valence-corrected chi connectivity index (χ0v) is 13.0. The Balaban J connectivity index is 1.69. The van der Waals surface area contributed by atoms with E-state index in [0.717, 1.165) is 43.2 Å². The van der Waals surface area contributed by atoms with Gasteiger partial charge in [-0.2, -0.15) is 8.75 Å². The van der Waals surface area contributed by atoms with Crippen LogP contribution in [0.4, 0.5) is 5.69 Å². The fraction of sp³-hybridized carbons (Fsp3) is 0.462. The summed E-state index contributed by atoms with van der Waals surface area (Å²) < 4.78 is 8.34. The first-order valence-electron chi connectivity index (χ1n) is 6.82. The van der Waals surface area contributed by atoms with E-state index in [1.807, 2.05) is 0 Å². The second kappa shape index (κ2) is 6.23. The standard InChI is InChI=1S/C13H16ClN5OS/c14-9-1-2-10-13(18-21-17-10)12(9)16-11(20)7-19-5-3-8(15)4-6-19/h1-2,8H,3-7,15H2,(H,16,20). The predicted octanol–water partition coefficient (Wildman–Crippen LogP) is 1.71. The van der Waals surface area contributed by atoms with Crippen LogP contribution in [0.3, 0.4) is 0 Å². The number of halogens is 1. The van der Waals surface area contributed by atoms with E-state index in [1.54, 1.807) is 12.1 Å². The number of carbonyl (C=O) groups is 1. The molecular weight excluding hydrogens is 310 g/mol. The number of aromatic nitrogens is 2. The molecule has 0 unspecified atom stereocenters. The minimum atomic E-state index is -0.0899. The molecule has 3 rings (SSSR count). The Hall–Kier alpha value is -1.28. The third-order valence-corrected chi connectivity index (χ3v) is 4.50. The van der Waals surface area contributed by atoms with Gasteiger partial charge in [0.15, 0.2) is 0 Å². The van der Waals surface area contributed by atoms with Gasteiger partial charge in [-0.05, 0) is 25.0 Å². The van der Waals surface area contributed by atoms with E-state index in [-0.39, 0.29) is 11.9 Å². The number of fused-ring (bicyclic) bond motifs is 1. The highest BCUT2D eigenvalue weighted by atomic mass is 35.5. The molecule has 3 N–H and O–H groups in total.